The number of piperidine rings is 1. The number of H-pyrrole nitrogens is 1. The fourth-order valence-electron chi connectivity index (χ4n) is 3.17. The molecule has 2 aromatic rings. The molecule has 1 fully saturated rings. The zero-order valence-corrected chi connectivity index (χ0v) is 14.8. The highest BCUT2D eigenvalue weighted by molar-refractivity contribution is 5.99. The summed E-state index contributed by atoms with van der Waals surface area (Å²) >= 11 is 0. The van der Waals surface area contributed by atoms with Crippen LogP contribution in [0.1, 0.15) is 46.2 Å². The number of nitrogens with one attached hydrogen (secondary N) is 2. The fourth-order valence-corrected chi connectivity index (χ4v) is 3.17. The Kier molecular flexibility index (Phi) is 5.51. The van der Waals surface area contributed by atoms with Crippen molar-refractivity contribution in [3.05, 3.63) is 59.4 Å². The van der Waals surface area contributed by atoms with Crippen LogP contribution in [-0.4, -0.2) is 40.6 Å². The summed E-state index contributed by atoms with van der Waals surface area (Å²) in [6.07, 6.45) is 2.85. The molecule has 0 aliphatic carbocycles. The molecule has 3 rings (SSSR count). The molecule has 0 radical (unpaired) electrons. The molecule has 0 atom stereocenters. The lowest BCUT2D eigenvalue weighted by Gasteiger charge is -2.31. The summed E-state index contributed by atoms with van der Waals surface area (Å²) in [6, 6.07) is 11.4. The number of ketones is 1. The second kappa shape index (κ2) is 7.99. The number of likely N-dealkylation sites (tertiary alicyclic amines) is 1. The van der Waals surface area contributed by atoms with Crippen molar-refractivity contribution in [1.29, 1.82) is 0 Å². The normalized spacial score (nSPS) is 14.9. The van der Waals surface area contributed by atoms with Gasteiger partial charge in [0.05, 0.1) is 0 Å². The Morgan fingerprint density at radius 1 is 1.15 bits per heavy atom. The van der Waals surface area contributed by atoms with Gasteiger partial charge < -0.3 is 15.2 Å². The van der Waals surface area contributed by atoms with Crippen LogP contribution < -0.4 is 5.32 Å². The molecule has 1 saturated heterocycles. The van der Waals surface area contributed by atoms with Crippen LogP contribution in [0, 0.1) is 5.92 Å². The van der Waals surface area contributed by atoms with E-state index in [2.05, 4.69) is 10.3 Å². The quantitative estimate of drug-likeness (QED) is 0.810. The molecule has 6 nitrogen and oxygen atoms in total. The maximum Gasteiger partial charge on any atom is 0.270 e. The highest BCUT2D eigenvalue weighted by Gasteiger charge is 2.28. The summed E-state index contributed by atoms with van der Waals surface area (Å²) in [5.74, 6) is -0.228. The van der Waals surface area contributed by atoms with E-state index in [-0.39, 0.29) is 23.5 Å². The summed E-state index contributed by atoms with van der Waals surface area (Å²) in [5, 5.41) is 2.97. The number of nitrogens with zero attached hydrogens (tertiary/aromatic N) is 1. The lowest BCUT2D eigenvalue weighted by molar-refractivity contribution is -0.126. The molecule has 2 N–H and O–H groups in total. The third-order valence-electron chi connectivity index (χ3n) is 4.78. The monoisotopic (exact) mass is 353 g/mol. The van der Waals surface area contributed by atoms with E-state index in [1.54, 1.807) is 17.2 Å². The number of carbonyl (C=O) groups is 3. The number of benzene rings is 1. The predicted octanol–water partition coefficient (Wildman–Crippen LogP) is 2.39. The van der Waals surface area contributed by atoms with Crippen LogP contribution in [0.4, 0.5) is 0 Å². The molecule has 6 heteroatoms. The van der Waals surface area contributed by atoms with Gasteiger partial charge in [0.25, 0.3) is 5.91 Å². The molecule has 1 aromatic heterocycles. The van der Waals surface area contributed by atoms with Gasteiger partial charge in [-0.1, -0.05) is 30.3 Å². The molecular weight excluding hydrogens is 330 g/mol. The number of hydrogen-bond acceptors (Lipinski definition) is 3. The van der Waals surface area contributed by atoms with Gasteiger partial charge in [-0.15, -0.1) is 0 Å². The third kappa shape index (κ3) is 4.20. The van der Waals surface area contributed by atoms with Crippen LogP contribution in [0.25, 0.3) is 0 Å². The fraction of sp³-hybridized carbons (Fsp3) is 0.350. The van der Waals surface area contributed by atoms with E-state index >= 15 is 0 Å². The van der Waals surface area contributed by atoms with Gasteiger partial charge >= 0.3 is 0 Å². The van der Waals surface area contributed by atoms with Gasteiger partial charge in [-0.2, -0.15) is 0 Å². The van der Waals surface area contributed by atoms with E-state index in [0.717, 1.165) is 5.56 Å². The van der Waals surface area contributed by atoms with E-state index in [1.165, 1.54) is 6.92 Å². The van der Waals surface area contributed by atoms with Crippen LogP contribution in [0.2, 0.25) is 0 Å². The number of carbonyl (C=O) groups excluding carboxylic acids is 3. The number of rotatable bonds is 5. The summed E-state index contributed by atoms with van der Waals surface area (Å²) in [4.78, 5) is 40.8. The molecule has 136 valence electrons. The Bertz CT molecular complexity index is 790. The summed E-state index contributed by atoms with van der Waals surface area (Å²) < 4.78 is 0. The molecule has 1 aliphatic rings. The molecule has 2 heterocycles. The van der Waals surface area contributed by atoms with Crippen molar-refractivity contribution in [2.75, 3.05) is 13.1 Å². The molecule has 0 spiro atoms. The summed E-state index contributed by atoms with van der Waals surface area (Å²) in [6.45, 7) is 3.07. The smallest absolute Gasteiger partial charge is 0.270 e. The third-order valence-corrected chi connectivity index (χ3v) is 4.78. The highest BCUT2D eigenvalue weighted by Crippen LogP contribution is 2.19. The van der Waals surface area contributed by atoms with E-state index in [9.17, 15) is 14.4 Å². The number of aromatic amines is 1. The Morgan fingerprint density at radius 3 is 2.46 bits per heavy atom. The summed E-state index contributed by atoms with van der Waals surface area (Å²) in [5.41, 5.74) is 1.99. The Labute approximate surface area is 152 Å². The van der Waals surface area contributed by atoms with Crippen LogP contribution in [0.3, 0.4) is 0 Å². The van der Waals surface area contributed by atoms with Crippen molar-refractivity contribution in [2.45, 2.75) is 26.3 Å². The number of hydrogen-bond donors (Lipinski definition) is 2. The minimum absolute atomic E-state index is 0.0414. The van der Waals surface area contributed by atoms with Gasteiger partial charge in [0.15, 0.2) is 5.78 Å². The molecule has 2 amide bonds. The van der Waals surface area contributed by atoms with E-state index in [4.69, 9.17) is 0 Å². The van der Waals surface area contributed by atoms with Crippen molar-refractivity contribution in [2.24, 2.45) is 5.92 Å². The average molecular weight is 353 g/mol. The minimum Gasteiger partial charge on any atom is -0.356 e. The highest BCUT2D eigenvalue weighted by atomic mass is 16.2. The second-order valence-corrected chi connectivity index (χ2v) is 6.63. The molecule has 0 unspecified atom stereocenters. The molecule has 1 aliphatic heterocycles. The number of amides is 2. The van der Waals surface area contributed by atoms with Crippen LogP contribution in [0.15, 0.2) is 42.6 Å². The van der Waals surface area contributed by atoms with Crippen molar-refractivity contribution >= 4 is 17.6 Å². The molecule has 0 saturated carbocycles. The zero-order chi connectivity index (χ0) is 18.5. The van der Waals surface area contributed by atoms with Gasteiger partial charge in [-0.05, 0) is 31.4 Å². The first kappa shape index (κ1) is 17.9. The Balaban J connectivity index is 1.49. The molecular formula is C20H23N3O3. The Morgan fingerprint density at radius 2 is 1.85 bits per heavy atom. The van der Waals surface area contributed by atoms with Crippen LogP contribution >= 0.6 is 0 Å². The first-order valence-corrected chi connectivity index (χ1v) is 8.85. The van der Waals surface area contributed by atoms with Crippen molar-refractivity contribution in [3.8, 4) is 0 Å². The van der Waals surface area contributed by atoms with Crippen molar-refractivity contribution in [3.63, 3.8) is 0 Å². The Hall–Kier alpha value is -2.89. The standard InChI is InChI=1S/C20H23N3O3/c1-14(24)17-11-18(21-13-17)20(26)23-9-7-16(8-10-23)19(25)22-12-15-5-3-2-4-6-15/h2-6,11,13,16,21H,7-10,12H2,1H3,(H,22,25). The van der Waals surface area contributed by atoms with E-state index in [0.29, 0.717) is 43.7 Å². The minimum atomic E-state index is -0.124. The first-order chi connectivity index (χ1) is 12.5. The van der Waals surface area contributed by atoms with E-state index in [1.807, 2.05) is 30.3 Å². The van der Waals surface area contributed by atoms with Crippen molar-refractivity contribution in [1.82, 2.24) is 15.2 Å². The average Bonchev–Trinajstić information content (AvgIpc) is 3.17. The largest absolute Gasteiger partial charge is 0.356 e. The van der Waals surface area contributed by atoms with Crippen LogP contribution in [-0.2, 0) is 11.3 Å². The molecule has 26 heavy (non-hydrogen) atoms. The maximum atomic E-state index is 12.5. The molecule has 1 aromatic carbocycles. The van der Waals surface area contributed by atoms with E-state index < -0.39 is 0 Å². The predicted molar refractivity (Wildman–Crippen MR) is 97.7 cm³/mol. The maximum absolute atomic E-state index is 12.5. The van der Waals surface area contributed by atoms with Gasteiger partial charge in [-0.3, -0.25) is 14.4 Å². The summed E-state index contributed by atoms with van der Waals surface area (Å²) in [7, 11) is 0. The van der Waals surface area contributed by atoms with Gasteiger partial charge in [0.2, 0.25) is 5.91 Å². The van der Waals surface area contributed by atoms with Crippen LogP contribution in [0.5, 0.6) is 0 Å². The molecule has 0 bridgehead atoms. The van der Waals surface area contributed by atoms with Gasteiger partial charge in [0.1, 0.15) is 5.69 Å². The van der Waals surface area contributed by atoms with Gasteiger partial charge in [0, 0.05) is 37.3 Å². The second-order valence-electron chi connectivity index (χ2n) is 6.63. The number of aromatic nitrogens is 1. The van der Waals surface area contributed by atoms with Gasteiger partial charge in [-0.25, -0.2) is 0 Å². The first-order valence-electron chi connectivity index (χ1n) is 8.85. The lowest BCUT2D eigenvalue weighted by Crippen LogP contribution is -2.43. The topological polar surface area (TPSA) is 82.3 Å². The lowest BCUT2D eigenvalue weighted by atomic mass is 9.95. The zero-order valence-electron chi connectivity index (χ0n) is 14.8. The number of Topliss-reactive ketones (excluding diaryl/α,β-unsaturated/α-hetero) is 1. The SMILES string of the molecule is CC(=O)c1c[nH]c(C(=O)N2CCC(C(=O)NCc3ccccc3)CC2)c1. The van der Waals surface area contributed by atoms with Crippen molar-refractivity contribution < 1.29 is 14.4 Å².